The van der Waals surface area contributed by atoms with E-state index in [-0.39, 0.29) is 18.0 Å². The van der Waals surface area contributed by atoms with Gasteiger partial charge in [0.2, 0.25) is 6.23 Å². The van der Waals surface area contributed by atoms with Crippen LogP contribution in [0.1, 0.15) is 35.4 Å². The first-order valence-corrected chi connectivity index (χ1v) is 9.08. The molecule has 27 heavy (non-hydrogen) atoms. The molecule has 6 heteroatoms. The lowest BCUT2D eigenvalue weighted by Crippen LogP contribution is -2.33. The Morgan fingerprint density at radius 2 is 1.96 bits per heavy atom. The third kappa shape index (κ3) is 2.80. The minimum absolute atomic E-state index is 0.0291. The number of aromatic hydroxyl groups is 1. The Morgan fingerprint density at radius 1 is 1.11 bits per heavy atom. The van der Waals surface area contributed by atoms with Gasteiger partial charge in [-0.05, 0) is 54.1 Å². The van der Waals surface area contributed by atoms with Crippen LogP contribution in [0.5, 0.6) is 11.5 Å². The molecular weight excluding hydrogens is 362 g/mol. The highest BCUT2D eigenvalue weighted by Gasteiger charge is 2.41. The smallest absolute Gasteiger partial charge is 0.215 e. The second-order valence-corrected chi connectivity index (χ2v) is 7.07. The summed E-state index contributed by atoms with van der Waals surface area (Å²) in [6.07, 6.45) is 3.92. The van der Waals surface area contributed by atoms with Crippen molar-refractivity contribution in [3.8, 4) is 11.5 Å². The van der Waals surface area contributed by atoms with Crippen LogP contribution in [0.2, 0.25) is 5.02 Å². The summed E-state index contributed by atoms with van der Waals surface area (Å²) < 4.78 is 6.27. The molecule has 0 fully saturated rings. The summed E-state index contributed by atoms with van der Waals surface area (Å²) in [6.45, 7) is 0. The van der Waals surface area contributed by atoms with Gasteiger partial charge in [-0.15, -0.1) is 0 Å². The molecule has 2 atom stereocenters. The second-order valence-electron chi connectivity index (χ2n) is 6.63. The molecule has 3 heterocycles. The average molecular weight is 378 g/mol. The summed E-state index contributed by atoms with van der Waals surface area (Å²) in [5, 5.41) is 17.1. The Hall–Kier alpha value is -3.05. The van der Waals surface area contributed by atoms with Crippen molar-refractivity contribution in [1.29, 1.82) is 0 Å². The SMILES string of the molecule is Oc1ccc(C2=NN3[C@H](C2)c2cc(Cl)ccc2O[C@H]3c2cccnc2)cc1. The highest BCUT2D eigenvalue weighted by atomic mass is 35.5. The number of phenols is 1. The van der Waals surface area contributed by atoms with Crippen LogP contribution >= 0.6 is 11.6 Å². The molecule has 5 rings (SSSR count). The van der Waals surface area contributed by atoms with E-state index in [0.29, 0.717) is 5.02 Å². The van der Waals surface area contributed by atoms with Crippen molar-refractivity contribution in [2.24, 2.45) is 5.10 Å². The zero-order chi connectivity index (χ0) is 18.4. The molecule has 0 saturated carbocycles. The molecule has 2 aromatic carbocycles. The van der Waals surface area contributed by atoms with Gasteiger partial charge in [0, 0.05) is 35.0 Å². The number of pyridine rings is 1. The summed E-state index contributed by atoms with van der Waals surface area (Å²) in [6, 6.07) is 16.7. The Morgan fingerprint density at radius 3 is 2.74 bits per heavy atom. The summed E-state index contributed by atoms with van der Waals surface area (Å²) in [7, 11) is 0. The standard InChI is InChI=1S/C21H16ClN3O2/c22-15-5-8-20-17(10-15)19-11-18(13-3-6-16(26)7-4-13)24-25(19)21(27-20)14-2-1-9-23-12-14/h1-10,12,19,21,26H,11H2/t19-,21+/m1/s1. The van der Waals surface area contributed by atoms with E-state index < -0.39 is 0 Å². The van der Waals surface area contributed by atoms with Crippen LogP contribution in [0, 0.1) is 0 Å². The third-order valence-corrected chi connectivity index (χ3v) is 5.16. The van der Waals surface area contributed by atoms with Crippen LogP contribution in [-0.4, -0.2) is 20.8 Å². The van der Waals surface area contributed by atoms with Crippen molar-refractivity contribution < 1.29 is 9.84 Å². The van der Waals surface area contributed by atoms with E-state index in [1.54, 1.807) is 24.5 Å². The number of aromatic nitrogens is 1. The molecule has 0 saturated heterocycles. The van der Waals surface area contributed by atoms with Crippen molar-refractivity contribution in [2.75, 3.05) is 0 Å². The number of phenolic OH excluding ortho intramolecular Hbond substituents is 1. The Bertz CT molecular complexity index is 1020. The molecule has 3 aromatic rings. The van der Waals surface area contributed by atoms with Crippen molar-refractivity contribution in [2.45, 2.75) is 18.7 Å². The van der Waals surface area contributed by atoms with Crippen LogP contribution in [-0.2, 0) is 0 Å². The molecule has 0 bridgehead atoms. The van der Waals surface area contributed by atoms with E-state index in [1.165, 1.54) is 0 Å². The monoisotopic (exact) mass is 377 g/mol. The number of fused-ring (bicyclic) bond motifs is 3. The van der Waals surface area contributed by atoms with Gasteiger partial charge in [-0.1, -0.05) is 17.7 Å². The molecule has 2 aliphatic heterocycles. The number of ether oxygens (including phenoxy) is 1. The summed E-state index contributed by atoms with van der Waals surface area (Å²) in [4.78, 5) is 4.23. The lowest BCUT2D eigenvalue weighted by atomic mass is 9.96. The number of halogens is 1. The van der Waals surface area contributed by atoms with E-state index in [4.69, 9.17) is 21.4 Å². The predicted molar refractivity (Wildman–Crippen MR) is 103 cm³/mol. The summed E-state index contributed by atoms with van der Waals surface area (Å²) in [5.74, 6) is 1.06. The normalized spacial score (nSPS) is 20.5. The molecule has 1 aromatic heterocycles. The predicted octanol–water partition coefficient (Wildman–Crippen LogP) is 4.68. The van der Waals surface area contributed by atoms with Crippen LogP contribution < -0.4 is 4.74 Å². The summed E-state index contributed by atoms with van der Waals surface area (Å²) in [5.41, 5.74) is 3.90. The highest BCUT2D eigenvalue weighted by molar-refractivity contribution is 6.30. The number of hydrazone groups is 1. The zero-order valence-corrected chi connectivity index (χ0v) is 15.0. The van der Waals surface area contributed by atoms with Crippen LogP contribution in [0.3, 0.4) is 0 Å². The molecule has 0 amide bonds. The van der Waals surface area contributed by atoms with Gasteiger partial charge in [-0.2, -0.15) is 5.10 Å². The Balaban J connectivity index is 1.60. The van der Waals surface area contributed by atoms with Gasteiger partial charge in [-0.3, -0.25) is 4.98 Å². The van der Waals surface area contributed by atoms with Gasteiger partial charge in [0.25, 0.3) is 0 Å². The van der Waals surface area contributed by atoms with Crippen LogP contribution in [0.15, 0.2) is 72.1 Å². The lowest BCUT2D eigenvalue weighted by Gasteiger charge is -2.38. The largest absolute Gasteiger partial charge is 0.508 e. The molecular formula is C21H16ClN3O2. The van der Waals surface area contributed by atoms with Crippen molar-refractivity contribution >= 4 is 17.3 Å². The van der Waals surface area contributed by atoms with Crippen molar-refractivity contribution in [3.05, 3.63) is 88.7 Å². The maximum absolute atomic E-state index is 9.57. The van der Waals surface area contributed by atoms with Gasteiger partial charge in [0.1, 0.15) is 11.5 Å². The first-order chi connectivity index (χ1) is 13.2. The first-order valence-electron chi connectivity index (χ1n) is 8.70. The second kappa shape index (κ2) is 6.28. The fourth-order valence-electron chi connectivity index (χ4n) is 3.63. The lowest BCUT2D eigenvalue weighted by molar-refractivity contribution is -0.0192. The Labute approximate surface area is 161 Å². The molecule has 0 spiro atoms. The van der Waals surface area contributed by atoms with E-state index in [2.05, 4.69) is 4.98 Å². The average Bonchev–Trinajstić information content (AvgIpc) is 3.14. The van der Waals surface area contributed by atoms with Gasteiger partial charge < -0.3 is 9.84 Å². The molecule has 0 aliphatic carbocycles. The number of benzene rings is 2. The minimum Gasteiger partial charge on any atom is -0.508 e. The topological polar surface area (TPSA) is 58.0 Å². The number of hydrogen-bond donors (Lipinski definition) is 1. The number of hydrogen-bond acceptors (Lipinski definition) is 5. The van der Waals surface area contributed by atoms with Gasteiger partial charge in [-0.25, -0.2) is 5.01 Å². The first kappa shape index (κ1) is 16.1. The molecule has 0 unspecified atom stereocenters. The fraction of sp³-hybridized carbons (Fsp3) is 0.143. The number of nitrogens with zero attached hydrogens (tertiary/aromatic N) is 3. The zero-order valence-electron chi connectivity index (χ0n) is 14.3. The fourth-order valence-corrected chi connectivity index (χ4v) is 3.81. The molecule has 134 valence electrons. The van der Waals surface area contributed by atoms with Crippen molar-refractivity contribution in [3.63, 3.8) is 0 Å². The quantitative estimate of drug-likeness (QED) is 0.704. The minimum atomic E-state index is -0.355. The van der Waals surface area contributed by atoms with Gasteiger partial charge in [0.05, 0.1) is 11.8 Å². The molecule has 2 aliphatic rings. The van der Waals surface area contributed by atoms with Crippen LogP contribution in [0.25, 0.3) is 0 Å². The molecule has 5 nitrogen and oxygen atoms in total. The summed E-state index contributed by atoms with van der Waals surface area (Å²) >= 11 is 6.24. The van der Waals surface area contributed by atoms with E-state index in [0.717, 1.165) is 34.6 Å². The van der Waals surface area contributed by atoms with Crippen LogP contribution in [0.4, 0.5) is 0 Å². The maximum atomic E-state index is 9.57. The highest BCUT2D eigenvalue weighted by Crippen LogP contribution is 2.48. The van der Waals surface area contributed by atoms with Crippen molar-refractivity contribution in [1.82, 2.24) is 9.99 Å². The Kier molecular flexibility index (Phi) is 3.76. The maximum Gasteiger partial charge on any atom is 0.215 e. The van der Waals surface area contributed by atoms with Gasteiger partial charge in [0.15, 0.2) is 0 Å². The van der Waals surface area contributed by atoms with E-state index in [9.17, 15) is 5.11 Å². The third-order valence-electron chi connectivity index (χ3n) is 4.92. The number of rotatable bonds is 2. The van der Waals surface area contributed by atoms with Gasteiger partial charge >= 0.3 is 0 Å². The molecule has 1 N–H and O–H groups in total. The molecule has 0 radical (unpaired) electrons. The van der Waals surface area contributed by atoms with E-state index >= 15 is 0 Å². The van der Waals surface area contributed by atoms with E-state index in [1.807, 2.05) is 47.5 Å².